The van der Waals surface area contributed by atoms with E-state index >= 15 is 0 Å². The highest BCUT2D eigenvalue weighted by Crippen LogP contribution is 2.16. The van der Waals surface area contributed by atoms with E-state index in [0.717, 1.165) is 0 Å². The molecule has 1 aromatic heterocycles. The molecule has 23 heavy (non-hydrogen) atoms. The number of carbonyl (C=O) groups excluding carboxylic acids is 1. The maximum atomic E-state index is 12.2. The van der Waals surface area contributed by atoms with E-state index < -0.39 is 10.0 Å². The Morgan fingerprint density at radius 2 is 2.13 bits per heavy atom. The van der Waals surface area contributed by atoms with Crippen LogP contribution in [-0.4, -0.2) is 55.6 Å². The van der Waals surface area contributed by atoms with Crippen molar-refractivity contribution < 1.29 is 13.2 Å². The van der Waals surface area contributed by atoms with Crippen molar-refractivity contribution in [2.45, 2.75) is 25.8 Å². The van der Waals surface area contributed by atoms with E-state index in [4.69, 9.17) is 5.14 Å². The molecule has 0 atom stereocenters. The fourth-order valence-corrected chi connectivity index (χ4v) is 2.98. The number of aromatic amines is 1. The van der Waals surface area contributed by atoms with E-state index in [9.17, 15) is 18.0 Å². The molecular weight excluding hydrogens is 322 g/mol. The zero-order valence-corrected chi connectivity index (χ0v) is 14.0. The number of carbonyl (C=O) groups is 1. The van der Waals surface area contributed by atoms with Crippen molar-refractivity contribution in [3.63, 3.8) is 0 Å². The van der Waals surface area contributed by atoms with Gasteiger partial charge in [-0.1, -0.05) is 0 Å². The monoisotopic (exact) mass is 343 g/mol. The predicted molar refractivity (Wildman–Crippen MR) is 85.5 cm³/mol. The van der Waals surface area contributed by atoms with Crippen LogP contribution in [0.15, 0.2) is 4.79 Å². The first-order valence-corrected chi connectivity index (χ1v) is 8.96. The fourth-order valence-electron chi connectivity index (χ4n) is 2.43. The summed E-state index contributed by atoms with van der Waals surface area (Å²) in [4.78, 5) is 34.6. The van der Waals surface area contributed by atoms with E-state index in [1.165, 1.54) is 0 Å². The van der Waals surface area contributed by atoms with Crippen molar-refractivity contribution >= 4 is 21.9 Å². The molecule has 0 bridgehead atoms. The summed E-state index contributed by atoms with van der Waals surface area (Å²) in [6.45, 7) is 0.682. The highest BCUT2D eigenvalue weighted by Gasteiger charge is 2.24. The molecule has 0 radical (unpaired) electrons. The minimum Gasteiger partial charge on any atom is -0.348 e. The molecule has 10 heteroatoms. The minimum atomic E-state index is -3.55. The van der Waals surface area contributed by atoms with Crippen LogP contribution in [0.5, 0.6) is 0 Å². The summed E-state index contributed by atoms with van der Waals surface area (Å²) in [5.41, 5.74) is 1.01. The summed E-state index contributed by atoms with van der Waals surface area (Å²) >= 11 is 0. The standard InChI is InChI=1S/C13H21N5O4S/c1-17(2)13-15-10-8-18(6-5-9(10)12(20)16-13)11(19)4-3-7-23(14,21)22/h3-8H2,1-2H3,(H2,14,21,22)(H,15,16,20). The van der Waals surface area contributed by atoms with E-state index in [1.807, 2.05) is 0 Å². The lowest BCUT2D eigenvalue weighted by Gasteiger charge is -2.28. The average molecular weight is 343 g/mol. The molecule has 2 heterocycles. The zero-order chi connectivity index (χ0) is 17.2. The fraction of sp³-hybridized carbons (Fsp3) is 0.615. The van der Waals surface area contributed by atoms with Gasteiger partial charge in [0.05, 0.1) is 18.0 Å². The molecule has 0 saturated heterocycles. The van der Waals surface area contributed by atoms with Crippen LogP contribution in [0.4, 0.5) is 5.95 Å². The summed E-state index contributed by atoms with van der Waals surface area (Å²) in [5.74, 6) is 0.0661. The third-order valence-electron chi connectivity index (χ3n) is 3.66. The lowest BCUT2D eigenvalue weighted by atomic mass is 10.1. The van der Waals surface area contributed by atoms with Gasteiger partial charge in [0.2, 0.25) is 21.9 Å². The molecule has 128 valence electrons. The van der Waals surface area contributed by atoms with Crippen LogP contribution in [0, 0.1) is 0 Å². The summed E-state index contributed by atoms with van der Waals surface area (Å²) in [6.07, 6.45) is 0.731. The summed E-state index contributed by atoms with van der Waals surface area (Å²) in [6, 6.07) is 0. The van der Waals surface area contributed by atoms with Crippen molar-refractivity contribution in [2.75, 3.05) is 31.3 Å². The molecule has 0 unspecified atom stereocenters. The van der Waals surface area contributed by atoms with Gasteiger partial charge in [0.25, 0.3) is 5.56 Å². The third kappa shape index (κ3) is 4.52. The Hall–Kier alpha value is -1.94. The first-order valence-electron chi connectivity index (χ1n) is 7.25. The molecule has 1 aromatic rings. The van der Waals surface area contributed by atoms with Gasteiger partial charge >= 0.3 is 0 Å². The van der Waals surface area contributed by atoms with E-state index in [2.05, 4.69) is 9.97 Å². The lowest BCUT2D eigenvalue weighted by molar-refractivity contribution is -0.132. The number of anilines is 1. The number of nitrogens with one attached hydrogen (secondary N) is 1. The molecule has 1 aliphatic heterocycles. The second-order valence-corrected chi connectivity index (χ2v) is 7.48. The lowest BCUT2D eigenvalue weighted by Crippen LogP contribution is -2.39. The quantitative estimate of drug-likeness (QED) is 0.690. The van der Waals surface area contributed by atoms with Crippen molar-refractivity contribution in [3.8, 4) is 0 Å². The number of primary sulfonamides is 1. The van der Waals surface area contributed by atoms with Gasteiger partial charge in [0, 0.05) is 32.6 Å². The van der Waals surface area contributed by atoms with Gasteiger partial charge < -0.3 is 9.80 Å². The van der Waals surface area contributed by atoms with Crippen molar-refractivity contribution in [3.05, 3.63) is 21.6 Å². The first-order chi connectivity index (χ1) is 10.7. The van der Waals surface area contributed by atoms with Crippen molar-refractivity contribution in [1.29, 1.82) is 0 Å². The maximum Gasteiger partial charge on any atom is 0.255 e. The number of aromatic nitrogens is 2. The van der Waals surface area contributed by atoms with Gasteiger partial charge in [-0.3, -0.25) is 14.6 Å². The van der Waals surface area contributed by atoms with Gasteiger partial charge in [-0.15, -0.1) is 0 Å². The van der Waals surface area contributed by atoms with Crippen LogP contribution < -0.4 is 15.6 Å². The highest BCUT2D eigenvalue weighted by atomic mass is 32.2. The van der Waals surface area contributed by atoms with Gasteiger partial charge in [0.1, 0.15) is 0 Å². The minimum absolute atomic E-state index is 0.107. The maximum absolute atomic E-state index is 12.2. The number of fused-ring (bicyclic) bond motifs is 1. The molecule has 0 fully saturated rings. The molecular formula is C13H21N5O4S. The molecule has 1 aliphatic rings. The number of hydrogen-bond donors (Lipinski definition) is 2. The number of nitrogens with zero attached hydrogens (tertiary/aromatic N) is 3. The van der Waals surface area contributed by atoms with Crippen molar-refractivity contribution in [2.24, 2.45) is 5.14 Å². The van der Waals surface area contributed by atoms with E-state index in [0.29, 0.717) is 30.2 Å². The molecule has 0 spiro atoms. The van der Waals surface area contributed by atoms with Crippen LogP contribution in [0.1, 0.15) is 24.1 Å². The number of sulfonamides is 1. The van der Waals surface area contributed by atoms with E-state index in [1.54, 1.807) is 23.9 Å². The Labute approximate surface area is 134 Å². The number of nitrogens with two attached hydrogens (primary N) is 1. The Balaban J connectivity index is 2.07. The SMILES string of the molecule is CN(C)c1nc2c(c(=O)[nH]1)CCN(C(=O)CCCS(N)(=O)=O)C2. The zero-order valence-electron chi connectivity index (χ0n) is 13.2. The first kappa shape index (κ1) is 17.4. The molecule has 2 rings (SSSR count). The number of hydrogen-bond acceptors (Lipinski definition) is 6. The molecule has 9 nitrogen and oxygen atoms in total. The summed E-state index contributed by atoms with van der Waals surface area (Å²) < 4.78 is 21.8. The van der Waals surface area contributed by atoms with Crippen LogP contribution in [0.3, 0.4) is 0 Å². The van der Waals surface area contributed by atoms with Gasteiger partial charge in [-0.25, -0.2) is 18.5 Å². The molecule has 1 amide bonds. The summed E-state index contributed by atoms with van der Waals surface area (Å²) in [5, 5.41) is 4.92. The second kappa shape index (κ2) is 6.67. The number of amides is 1. The van der Waals surface area contributed by atoms with Crippen LogP contribution in [0.25, 0.3) is 0 Å². The number of H-pyrrole nitrogens is 1. The third-order valence-corrected chi connectivity index (χ3v) is 4.51. The highest BCUT2D eigenvalue weighted by molar-refractivity contribution is 7.89. The number of rotatable bonds is 5. The Morgan fingerprint density at radius 3 is 2.74 bits per heavy atom. The second-order valence-electron chi connectivity index (χ2n) is 5.75. The summed E-state index contributed by atoms with van der Waals surface area (Å²) in [7, 11) is -0.0189. The van der Waals surface area contributed by atoms with Crippen LogP contribution in [0.2, 0.25) is 0 Å². The van der Waals surface area contributed by atoms with Crippen LogP contribution in [-0.2, 0) is 27.8 Å². The van der Waals surface area contributed by atoms with E-state index in [-0.39, 0.29) is 36.6 Å². The normalized spacial score (nSPS) is 14.5. The molecule has 0 saturated carbocycles. The van der Waals surface area contributed by atoms with Gasteiger partial charge in [-0.2, -0.15) is 0 Å². The Kier molecular flexibility index (Phi) is 5.05. The molecule has 3 N–H and O–H groups in total. The topological polar surface area (TPSA) is 129 Å². The Morgan fingerprint density at radius 1 is 1.43 bits per heavy atom. The van der Waals surface area contributed by atoms with Gasteiger partial charge in [0.15, 0.2) is 0 Å². The molecule has 0 aromatic carbocycles. The Bertz CT molecular complexity index is 756. The average Bonchev–Trinajstić information content (AvgIpc) is 2.45. The largest absolute Gasteiger partial charge is 0.348 e. The molecule has 0 aliphatic carbocycles. The predicted octanol–water partition coefficient (Wildman–Crippen LogP) is -1.21. The van der Waals surface area contributed by atoms with Crippen molar-refractivity contribution in [1.82, 2.24) is 14.9 Å². The smallest absolute Gasteiger partial charge is 0.255 e. The van der Waals surface area contributed by atoms with Crippen LogP contribution >= 0.6 is 0 Å². The van der Waals surface area contributed by atoms with Gasteiger partial charge in [-0.05, 0) is 12.8 Å².